The molecule has 2 aromatic rings. The lowest BCUT2D eigenvalue weighted by molar-refractivity contribution is -0.00000966. The number of sulfonamides is 1. The standard InChI is InChI=1S/C18H24N2O3S.ClH/c1-15-9-11-16(12-10-15)20(14-17(21)13-19(2)3)24(22,23)18-7-5-4-6-8-18;/h4-12,17,21H,13-14H2,1-3H3;1H/p-1. The number of aryl methyl sites for hydroxylation is 1. The predicted octanol–water partition coefficient (Wildman–Crippen LogP) is -0.883. The third-order valence-electron chi connectivity index (χ3n) is 3.61. The minimum absolute atomic E-state index is 0. The number of aliphatic hydroxyl groups is 1. The monoisotopic (exact) mass is 383 g/mol. The van der Waals surface area contributed by atoms with Gasteiger partial charge in [0.1, 0.15) is 0 Å². The second-order valence-electron chi connectivity index (χ2n) is 6.10. The van der Waals surface area contributed by atoms with Crippen LogP contribution in [0.15, 0.2) is 59.5 Å². The number of rotatable bonds is 7. The van der Waals surface area contributed by atoms with E-state index in [9.17, 15) is 13.5 Å². The molecule has 2 rings (SSSR count). The Morgan fingerprint density at radius 2 is 1.52 bits per heavy atom. The summed E-state index contributed by atoms with van der Waals surface area (Å²) in [7, 11) is -0.0662. The van der Waals surface area contributed by atoms with Crippen molar-refractivity contribution in [2.24, 2.45) is 0 Å². The van der Waals surface area contributed by atoms with E-state index in [1.54, 1.807) is 42.5 Å². The van der Waals surface area contributed by atoms with Gasteiger partial charge < -0.3 is 22.4 Å². The van der Waals surface area contributed by atoms with Crippen LogP contribution in [0.25, 0.3) is 0 Å². The van der Waals surface area contributed by atoms with Gasteiger partial charge in [-0.05, 0) is 45.3 Å². The average molecular weight is 384 g/mol. The number of anilines is 1. The van der Waals surface area contributed by atoms with Crippen molar-refractivity contribution in [3.63, 3.8) is 0 Å². The summed E-state index contributed by atoms with van der Waals surface area (Å²) in [5.74, 6) is 0. The molecular formula is C18H24ClN2O3S-. The maximum Gasteiger partial charge on any atom is 0.264 e. The van der Waals surface area contributed by atoms with Crippen LogP contribution in [0.3, 0.4) is 0 Å². The SMILES string of the molecule is Cc1ccc(N(CC(O)CN(C)C)S(=O)(=O)c2ccccc2)cc1.[Cl-]. The lowest BCUT2D eigenvalue weighted by Gasteiger charge is -2.28. The number of benzene rings is 2. The van der Waals surface area contributed by atoms with Crippen LogP contribution in [0.1, 0.15) is 5.56 Å². The van der Waals surface area contributed by atoms with Gasteiger partial charge in [0.15, 0.2) is 0 Å². The molecule has 0 heterocycles. The molecule has 0 aliphatic carbocycles. The van der Waals surface area contributed by atoms with Gasteiger partial charge in [0.2, 0.25) is 0 Å². The van der Waals surface area contributed by atoms with Crippen molar-refractivity contribution >= 4 is 15.7 Å². The molecular weight excluding hydrogens is 360 g/mol. The fourth-order valence-corrected chi connectivity index (χ4v) is 3.97. The van der Waals surface area contributed by atoms with Gasteiger partial charge in [0.25, 0.3) is 10.0 Å². The van der Waals surface area contributed by atoms with Crippen molar-refractivity contribution in [2.45, 2.75) is 17.9 Å². The molecule has 0 bridgehead atoms. The Labute approximate surface area is 156 Å². The molecule has 0 spiro atoms. The molecule has 0 amide bonds. The highest BCUT2D eigenvalue weighted by atomic mass is 35.5. The third-order valence-corrected chi connectivity index (χ3v) is 5.41. The van der Waals surface area contributed by atoms with Crippen LogP contribution in [0.4, 0.5) is 5.69 Å². The zero-order valence-electron chi connectivity index (χ0n) is 14.6. The Balaban J connectivity index is 0.00000312. The summed E-state index contributed by atoms with van der Waals surface area (Å²) in [5, 5.41) is 10.3. The van der Waals surface area contributed by atoms with Gasteiger partial charge in [-0.1, -0.05) is 35.9 Å². The first-order valence-electron chi connectivity index (χ1n) is 7.78. The van der Waals surface area contributed by atoms with Gasteiger partial charge in [-0.3, -0.25) is 4.31 Å². The zero-order chi connectivity index (χ0) is 17.7. The fraction of sp³-hybridized carbons (Fsp3) is 0.333. The highest BCUT2D eigenvalue weighted by Gasteiger charge is 2.27. The normalized spacial score (nSPS) is 12.5. The van der Waals surface area contributed by atoms with E-state index in [-0.39, 0.29) is 23.8 Å². The number of hydrogen-bond donors (Lipinski definition) is 1. The molecule has 0 fully saturated rings. The molecule has 1 N–H and O–H groups in total. The molecule has 0 saturated carbocycles. The summed E-state index contributed by atoms with van der Waals surface area (Å²) in [5.41, 5.74) is 1.59. The van der Waals surface area contributed by atoms with Crippen molar-refractivity contribution in [2.75, 3.05) is 31.5 Å². The average Bonchev–Trinajstić information content (AvgIpc) is 2.54. The van der Waals surface area contributed by atoms with Gasteiger partial charge in [-0.25, -0.2) is 8.42 Å². The van der Waals surface area contributed by atoms with Crippen LogP contribution >= 0.6 is 0 Å². The molecule has 138 valence electrons. The molecule has 0 aliphatic heterocycles. The number of nitrogens with zero attached hydrogens (tertiary/aromatic N) is 2. The second-order valence-corrected chi connectivity index (χ2v) is 7.96. The van der Waals surface area contributed by atoms with Crippen LogP contribution in [-0.2, 0) is 10.0 Å². The molecule has 1 unspecified atom stereocenters. The van der Waals surface area contributed by atoms with Gasteiger partial charge in [0.05, 0.1) is 23.2 Å². The predicted molar refractivity (Wildman–Crippen MR) is 96.7 cm³/mol. The molecule has 0 aliphatic rings. The van der Waals surface area contributed by atoms with Crippen LogP contribution in [0.2, 0.25) is 0 Å². The molecule has 0 radical (unpaired) electrons. The van der Waals surface area contributed by atoms with Crippen molar-refractivity contribution in [1.82, 2.24) is 4.90 Å². The van der Waals surface area contributed by atoms with E-state index in [1.165, 1.54) is 4.31 Å². The molecule has 7 heteroatoms. The Bertz CT molecular complexity index is 750. The lowest BCUT2D eigenvalue weighted by Crippen LogP contribution is -3.00. The molecule has 0 aromatic heterocycles. The van der Waals surface area contributed by atoms with E-state index < -0.39 is 16.1 Å². The first-order valence-corrected chi connectivity index (χ1v) is 9.22. The van der Waals surface area contributed by atoms with E-state index >= 15 is 0 Å². The summed E-state index contributed by atoms with van der Waals surface area (Å²) in [6.45, 7) is 2.33. The largest absolute Gasteiger partial charge is 1.00 e. The van der Waals surface area contributed by atoms with E-state index in [0.29, 0.717) is 12.2 Å². The van der Waals surface area contributed by atoms with E-state index in [4.69, 9.17) is 0 Å². The van der Waals surface area contributed by atoms with Crippen molar-refractivity contribution in [1.29, 1.82) is 0 Å². The number of aliphatic hydroxyl groups excluding tert-OH is 1. The molecule has 2 aromatic carbocycles. The Kier molecular flexibility index (Phi) is 7.89. The summed E-state index contributed by atoms with van der Waals surface area (Å²) < 4.78 is 27.4. The topological polar surface area (TPSA) is 60.9 Å². The summed E-state index contributed by atoms with van der Waals surface area (Å²) in [6.07, 6.45) is -0.792. The minimum Gasteiger partial charge on any atom is -1.00 e. The van der Waals surface area contributed by atoms with Crippen LogP contribution in [0, 0.1) is 6.92 Å². The summed E-state index contributed by atoms with van der Waals surface area (Å²) >= 11 is 0. The molecule has 0 saturated heterocycles. The highest BCUT2D eigenvalue weighted by Crippen LogP contribution is 2.24. The lowest BCUT2D eigenvalue weighted by atomic mass is 10.2. The molecule has 25 heavy (non-hydrogen) atoms. The summed E-state index contributed by atoms with van der Waals surface area (Å²) in [6, 6.07) is 15.5. The maximum atomic E-state index is 13.0. The van der Waals surface area contributed by atoms with Crippen LogP contribution < -0.4 is 16.7 Å². The van der Waals surface area contributed by atoms with Crippen molar-refractivity contribution in [3.05, 3.63) is 60.2 Å². The minimum atomic E-state index is -3.74. The first-order chi connectivity index (χ1) is 11.3. The fourth-order valence-electron chi connectivity index (χ4n) is 2.44. The van der Waals surface area contributed by atoms with Gasteiger partial charge in [0, 0.05) is 6.54 Å². The molecule has 1 atom stereocenters. The Hall–Kier alpha value is -1.60. The first kappa shape index (κ1) is 21.4. The third kappa shape index (κ3) is 5.71. The van der Waals surface area contributed by atoms with Crippen molar-refractivity contribution in [3.8, 4) is 0 Å². The van der Waals surface area contributed by atoms with E-state index in [0.717, 1.165) is 5.56 Å². The highest BCUT2D eigenvalue weighted by molar-refractivity contribution is 7.92. The van der Waals surface area contributed by atoms with Gasteiger partial charge in [-0.2, -0.15) is 0 Å². The number of hydrogen-bond acceptors (Lipinski definition) is 4. The quantitative estimate of drug-likeness (QED) is 0.674. The van der Waals surface area contributed by atoms with Gasteiger partial charge in [-0.15, -0.1) is 0 Å². The van der Waals surface area contributed by atoms with Crippen LogP contribution in [-0.4, -0.2) is 51.7 Å². The number of likely N-dealkylation sites (N-methyl/N-ethyl adjacent to an activating group) is 1. The summed E-state index contributed by atoms with van der Waals surface area (Å²) in [4.78, 5) is 2.04. The van der Waals surface area contributed by atoms with Crippen molar-refractivity contribution < 1.29 is 25.9 Å². The molecule has 5 nitrogen and oxygen atoms in total. The number of halogens is 1. The smallest absolute Gasteiger partial charge is 0.264 e. The second kappa shape index (κ2) is 9.20. The van der Waals surface area contributed by atoms with Gasteiger partial charge >= 0.3 is 0 Å². The van der Waals surface area contributed by atoms with E-state index in [2.05, 4.69) is 0 Å². The van der Waals surface area contributed by atoms with E-state index in [1.807, 2.05) is 38.1 Å². The zero-order valence-corrected chi connectivity index (χ0v) is 16.2. The Morgan fingerprint density at radius 1 is 0.960 bits per heavy atom. The maximum absolute atomic E-state index is 13.0. The van der Waals surface area contributed by atoms with Crippen LogP contribution in [0.5, 0.6) is 0 Å². The Morgan fingerprint density at radius 3 is 2.04 bits per heavy atom.